The third-order valence-corrected chi connectivity index (χ3v) is 4.27. The van der Waals surface area contributed by atoms with Crippen molar-refractivity contribution in [2.75, 3.05) is 0 Å². The molecule has 0 saturated carbocycles. The number of azo groups is 1. The van der Waals surface area contributed by atoms with Crippen LogP contribution < -0.4 is 10.6 Å². The topological polar surface area (TPSA) is 154 Å². The van der Waals surface area contributed by atoms with E-state index in [-0.39, 0.29) is 16.0 Å². The first-order valence-corrected chi connectivity index (χ1v) is 8.27. The molecule has 25 heavy (non-hydrogen) atoms. The van der Waals surface area contributed by atoms with E-state index in [1.165, 1.54) is 18.2 Å². The van der Waals surface area contributed by atoms with Gasteiger partial charge in [0.1, 0.15) is 4.90 Å². The lowest BCUT2D eigenvalue weighted by Gasteiger charge is -2.16. The average molecular weight is 362 g/mol. The molecule has 1 saturated heterocycles. The van der Waals surface area contributed by atoms with Crippen LogP contribution in [0.1, 0.15) is 0 Å². The van der Waals surface area contributed by atoms with E-state index in [2.05, 4.69) is 10.2 Å². The smallest absolute Gasteiger partial charge is 0.282 e. The molecule has 3 N–H and O–H groups in total. The van der Waals surface area contributed by atoms with Crippen LogP contribution in [0.2, 0.25) is 0 Å². The lowest BCUT2D eigenvalue weighted by atomic mass is 10.1. The van der Waals surface area contributed by atoms with Crippen molar-refractivity contribution in [1.82, 2.24) is 10.6 Å². The summed E-state index contributed by atoms with van der Waals surface area (Å²) in [5.41, 5.74) is 0.0308. The summed E-state index contributed by atoms with van der Waals surface area (Å²) in [5, 5.41) is 11.7. The summed E-state index contributed by atoms with van der Waals surface area (Å²) in [6.07, 6.45) is 0. The summed E-state index contributed by atoms with van der Waals surface area (Å²) in [7, 11) is -4.53. The summed E-state index contributed by atoms with van der Waals surface area (Å²) in [4.78, 5) is 33.9. The van der Waals surface area contributed by atoms with Gasteiger partial charge in [0.15, 0.2) is 0 Å². The molecule has 1 aliphatic heterocycles. The molecule has 1 heterocycles. The van der Waals surface area contributed by atoms with Gasteiger partial charge in [0, 0.05) is 5.39 Å². The number of hydrogen-bond acceptors (Lipinski definition) is 7. The number of rotatable bonds is 3. The second-order valence-corrected chi connectivity index (χ2v) is 6.42. The van der Waals surface area contributed by atoms with E-state index in [0.29, 0.717) is 5.39 Å². The Morgan fingerprint density at radius 1 is 0.960 bits per heavy atom. The number of imide groups is 2. The van der Waals surface area contributed by atoms with Crippen molar-refractivity contribution in [3.8, 4) is 0 Å². The SMILES string of the molecule is O=C1NC(=O)C(N=Nc2cccc3cccc(S(=O)(=O)O)c23)C(=O)N1. The molecule has 0 unspecified atom stereocenters. The van der Waals surface area contributed by atoms with Crippen molar-refractivity contribution in [2.24, 2.45) is 10.2 Å². The number of carbonyl (C=O) groups is 3. The van der Waals surface area contributed by atoms with E-state index in [9.17, 15) is 27.4 Å². The third kappa shape index (κ3) is 3.22. The Bertz CT molecular complexity index is 1020. The molecular weight excluding hydrogens is 352 g/mol. The lowest BCUT2D eigenvalue weighted by molar-refractivity contribution is -0.131. The van der Waals surface area contributed by atoms with Gasteiger partial charge in [-0.25, -0.2) is 4.79 Å². The van der Waals surface area contributed by atoms with Crippen LogP contribution in [0.25, 0.3) is 10.8 Å². The standard InChI is InChI=1S/C14H10N4O6S/c19-12-11(13(20)16-14(21)15-12)18-17-8-5-1-3-7-4-2-6-9(10(7)8)25(22,23)24/h1-6,11H,(H,22,23,24)(H2,15,16,19,20,21). The van der Waals surface area contributed by atoms with Gasteiger partial charge in [-0.05, 0) is 17.5 Å². The van der Waals surface area contributed by atoms with Crippen LogP contribution in [0, 0.1) is 0 Å². The molecule has 1 fully saturated rings. The molecule has 1 aliphatic rings. The maximum absolute atomic E-state index is 11.6. The number of urea groups is 1. The van der Waals surface area contributed by atoms with E-state index < -0.39 is 34.0 Å². The fraction of sp³-hybridized carbons (Fsp3) is 0.0714. The minimum absolute atomic E-state index is 0.0308. The number of carbonyl (C=O) groups excluding carboxylic acids is 3. The molecule has 11 heteroatoms. The molecule has 0 bridgehead atoms. The molecule has 3 rings (SSSR count). The zero-order valence-electron chi connectivity index (χ0n) is 12.3. The zero-order valence-corrected chi connectivity index (χ0v) is 13.1. The van der Waals surface area contributed by atoms with E-state index in [4.69, 9.17) is 0 Å². The normalized spacial score (nSPS) is 16.3. The Kier molecular flexibility index (Phi) is 4.02. The Morgan fingerprint density at radius 2 is 1.56 bits per heavy atom. The summed E-state index contributed by atoms with van der Waals surface area (Å²) in [6.45, 7) is 0. The number of nitrogens with one attached hydrogen (secondary N) is 2. The van der Waals surface area contributed by atoms with Gasteiger partial charge >= 0.3 is 6.03 Å². The average Bonchev–Trinajstić information content (AvgIpc) is 2.52. The van der Waals surface area contributed by atoms with E-state index in [0.717, 1.165) is 0 Å². The van der Waals surface area contributed by atoms with Crippen molar-refractivity contribution >= 4 is 44.4 Å². The first kappa shape index (κ1) is 16.7. The summed E-state index contributed by atoms with van der Waals surface area (Å²) < 4.78 is 32.5. The van der Waals surface area contributed by atoms with Crippen LogP contribution in [-0.4, -0.2) is 36.9 Å². The lowest BCUT2D eigenvalue weighted by Crippen LogP contribution is -2.57. The van der Waals surface area contributed by atoms with Gasteiger partial charge < -0.3 is 0 Å². The molecule has 0 spiro atoms. The van der Waals surface area contributed by atoms with Crippen LogP contribution in [0.15, 0.2) is 51.5 Å². The molecule has 2 aromatic rings. The van der Waals surface area contributed by atoms with Crippen LogP contribution >= 0.6 is 0 Å². The monoisotopic (exact) mass is 362 g/mol. The van der Waals surface area contributed by atoms with E-state index >= 15 is 0 Å². The number of amides is 4. The van der Waals surface area contributed by atoms with Gasteiger partial charge in [0.25, 0.3) is 21.9 Å². The highest BCUT2D eigenvalue weighted by Gasteiger charge is 2.34. The number of fused-ring (bicyclic) bond motifs is 1. The molecule has 0 aromatic heterocycles. The fourth-order valence-electron chi connectivity index (χ4n) is 2.32. The van der Waals surface area contributed by atoms with Crippen molar-refractivity contribution in [1.29, 1.82) is 0 Å². The van der Waals surface area contributed by atoms with Gasteiger partial charge in [0.05, 0.1) is 5.69 Å². The summed E-state index contributed by atoms with van der Waals surface area (Å²) in [6, 6.07) is 6.25. The fourth-order valence-corrected chi connectivity index (χ4v) is 3.05. The summed E-state index contributed by atoms with van der Waals surface area (Å²) >= 11 is 0. The van der Waals surface area contributed by atoms with Gasteiger partial charge in [0.2, 0.25) is 6.04 Å². The molecule has 0 atom stereocenters. The maximum Gasteiger partial charge on any atom is 0.328 e. The van der Waals surface area contributed by atoms with E-state index in [1.807, 2.05) is 10.6 Å². The second-order valence-electron chi connectivity index (χ2n) is 5.03. The van der Waals surface area contributed by atoms with Crippen LogP contribution in [-0.2, 0) is 19.7 Å². The Morgan fingerprint density at radius 3 is 2.16 bits per heavy atom. The minimum Gasteiger partial charge on any atom is -0.282 e. The predicted molar refractivity (Wildman–Crippen MR) is 83.7 cm³/mol. The maximum atomic E-state index is 11.6. The number of benzene rings is 2. The highest BCUT2D eigenvalue weighted by molar-refractivity contribution is 7.86. The van der Waals surface area contributed by atoms with Crippen molar-refractivity contribution in [3.05, 3.63) is 36.4 Å². The third-order valence-electron chi connectivity index (χ3n) is 3.37. The van der Waals surface area contributed by atoms with Crippen molar-refractivity contribution < 1.29 is 27.4 Å². The second kappa shape index (κ2) is 6.03. The quantitative estimate of drug-likeness (QED) is 0.419. The molecule has 10 nitrogen and oxygen atoms in total. The van der Waals surface area contributed by atoms with Crippen molar-refractivity contribution in [2.45, 2.75) is 10.9 Å². The predicted octanol–water partition coefficient (Wildman–Crippen LogP) is 0.905. The minimum atomic E-state index is -4.53. The Hall–Kier alpha value is -3.18. The van der Waals surface area contributed by atoms with Crippen LogP contribution in [0.5, 0.6) is 0 Å². The van der Waals surface area contributed by atoms with Gasteiger partial charge in [-0.1, -0.05) is 24.3 Å². The largest absolute Gasteiger partial charge is 0.328 e. The van der Waals surface area contributed by atoms with E-state index in [1.54, 1.807) is 18.2 Å². The molecule has 4 amide bonds. The Labute approximate surface area is 140 Å². The highest BCUT2D eigenvalue weighted by Crippen LogP contribution is 2.32. The molecule has 128 valence electrons. The number of nitrogens with zero attached hydrogens (tertiary/aromatic N) is 2. The highest BCUT2D eigenvalue weighted by atomic mass is 32.2. The van der Waals surface area contributed by atoms with Crippen molar-refractivity contribution in [3.63, 3.8) is 0 Å². The van der Waals surface area contributed by atoms with Gasteiger partial charge in [-0.3, -0.25) is 24.8 Å². The molecule has 0 aliphatic carbocycles. The zero-order chi connectivity index (χ0) is 18.2. The van der Waals surface area contributed by atoms with Crippen LogP contribution in [0.3, 0.4) is 0 Å². The van der Waals surface area contributed by atoms with Gasteiger partial charge in [-0.2, -0.15) is 18.6 Å². The first-order chi connectivity index (χ1) is 11.8. The number of barbiturate groups is 1. The molecule has 2 aromatic carbocycles. The molecular formula is C14H10N4O6S. The Balaban J connectivity index is 2.09. The summed E-state index contributed by atoms with van der Waals surface area (Å²) in [5.74, 6) is -1.90. The van der Waals surface area contributed by atoms with Crippen LogP contribution in [0.4, 0.5) is 10.5 Å². The number of hydrogen-bond donors (Lipinski definition) is 3. The first-order valence-electron chi connectivity index (χ1n) is 6.83. The molecule has 0 radical (unpaired) electrons. The van der Waals surface area contributed by atoms with Gasteiger partial charge in [-0.15, -0.1) is 0 Å².